The Morgan fingerprint density at radius 3 is 2.84 bits per heavy atom. The van der Waals surface area contributed by atoms with E-state index >= 15 is 0 Å². The highest BCUT2D eigenvalue weighted by molar-refractivity contribution is 5.61. The third kappa shape index (κ3) is 3.77. The Bertz CT molecular complexity index is 421. The third-order valence-corrected chi connectivity index (χ3v) is 3.56. The summed E-state index contributed by atoms with van der Waals surface area (Å²) < 4.78 is 5.66. The van der Waals surface area contributed by atoms with Crippen LogP contribution in [0, 0.1) is 5.92 Å². The Morgan fingerprint density at radius 1 is 1.42 bits per heavy atom. The van der Waals surface area contributed by atoms with Crippen LogP contribution in [0.1, 0.15) is 33.1 Å². The number of hydrogen-bond acceptors (Lipinski definition) is 4. The van der Waals surface area contributed by atoms with Crippen LogP contribution in [0.3, 0.4) is 0 Å². The Labute approximate surface area is 115 Å². The summed E-state index contributed by atoms with van der Waals surface area (Å²) in [5, 5.41) is 13.2. The molecule has 0 bridgehead atoms. The molecule has 0 aromatic heterocycles. The van der Waals surface area contributed by atoms with Crippen molar-refractivity contribution in [3.63, 3.8) is 0 Å². The summed E-state index contributed by atoms with van der Waals surface area (Å²) in [5.74, 6) is 1.07. The number of nitrogens with two attached hydrogens (primary N) is 1. The van der Waals surface area contributed by atoms with Crippen LogP contribution in [0.5, 0.6) is 5.75 Å². The van der Waals surface area contributed by atoms with Gasteiger partial charge in [-0.2, -0.15) is 0 Å². The first-order valence-electron chi connectivity index (χ1n) is 7.04. The van der Waals surface area contributed by atoms with E-state index < -0.39 is 0 Å². The van der Waals surface area contributed by atoms with Crippen molar-refractivity contribution in [2.45, 2.75) is 45.3 Å². The minimum atomic E-state index is -0.160. The first kappa shape index (κ1) is 14.0. The van der Waals surface area contributed by atoms with E-state index in [0.717, 1.165) is 31.5 Å². The van der Waals surface area contributed by atoms with Gasteiger partial charge in [0.1, 0.15) is 5.75 Å². The molecule has 0 spiro atoms. The van der Waals surface area contributed by atoms with Crippen LogP contribution >= 0.6 is 0 Å². The van der Waals surface area contributed by atoms with Crippen molar-refractivity contribution >= 4 is 11.4 Å². The number of nitrogens with one attached hydrogen (secondary N) is 1. The van der Waals surface area contributed by atoms with Gasteiger partial charge in [-0.05, 0) is 38.8 Å². The first-order valence-corrected chi connectivity index (χ1v) is 7.04. The van der Waals surface area contributed by atoms with Crippen molar-refractivity contribution in [1.82, 2.24) is 0 Å². The molecule has 19 heavy (non-hydrogen) atoms. The molecule has 1 aromatic rings. The smallest absolute Gasteiger partial charge is 0.144 e. The molecule has 4 heteroatoms. The molecular formula is C15H24N2O2. The molecule has 0 aliphatic heterocycles. The van der Waals surface area contributed by atoms with Gasteiger partial charge >= 0.3 is 0 Å². The van der Waals surface area contributed by atoms with Crippen LogP contribution in [0.4, 0.5) is 11.4 Å². The molecule has 1 fully saturated rings. The summed E-state index contributed by atoms with van der Waals surface area (Å²) in [5.41, 5.74) is 7.53. The molecule has 0 radical (unpaired) electrons. The van der Waals surface area contributed by atoms with Crippen molar-refractivity contribution in [3.8, 4) is 5.75 Å². The summed E-state index contributed by atoms with van der Waals surface area (Å²) in [6, 6.07) is 5.73. The number of benzene rings is 1. The van der Waals surface area contributed by atoms with E-state index in [-0.39, 0.29) is 12.2 Å². The highest BCUT2D eigenvalue weighted by atomic mass is 16.5. The molecule has 0 heterocycles. The van der Waals surface area contributed by atoms with E-state index in [0.29, 0.717) is 17.4 Å². The largest absolute Gasteiger partial charge is 0.489 e. The number of aliphatic hydroxyl groups is 1. The van der Waals surface area contributed by atoms with Crippen LogP contribution in [0.2, 0.25) is 0 Å². The minimum Gasteiger partial charge on any atom is -0.489 e. The topological polar surface area (TPSA) is 67.5 Å². The average molecular weight is 264 g/mol. The summed E-state index contributed by atoms with van der Waals surface area (Å²) in [7, 11) is 0. The predicted molar refractivity (Wildman–Crippen MR) is 78.5 cm³/mol. The van der Waals surface area contributed by atoms with Crippen LogP contribution in [0.15, 0.2) is 18.2 Å². The second-order valence-corrected chi connectivity index (χ2v) is 5.56. The molecule has 4 N–H and O–H groups in total. The van der Waals surface area contributed by atoms with Gasteiger partial charge in [-0.3, -0.25) is 0 Å². The van der Waals surface area contributed by atoms with Crippen molar-refractivity contribution in [2.24, 2.45) is 5.92 Å². The fraction of sp³-hybridized carbons (Fsp3) is 0.600. The number of hydrogen-bond donors (Lipinski definition) is 3. The zero-order valence-electron chi connectivity index (χ0n) is 11.7. The molecule has 4 nitrogen and oxygen atoms in total. The lowest BCUT2D eigenvalue weighted by molar-refractivity contribution is 0.138. The van der Waals surface area contributed by atoms with Gasteiger partial charge in [0, 0.05) is 24.2 Å². The van der Waals surface area contributed by atoms with Gasteiger partial charge in [-0.15, -0.1) is 0 Å². The molecule has 0 amide bonds. The maximum Gasteiger partial charge on any atom is 0.144 e. The lowest BCUT2D eigenvalue weighted by Crippen LogP contribution is -2.21. The van der Waals surface area contributed by atoms with Gasteiger partial charge in [0.05, 0.1) is 17.9 Å². The van der Waals surface area contributed by atoms with E-state index in [1.807, 2.05) is 32.0 Å². The molecule has 1 aliphatic carbocycles. The normalized spacial score (nSPS) is 22.7. The lowest BCUT2D eigenvalue weighted by atomic mass is 10.1. The Hall–Kier alpha value is -1.42. The van der Waals surface area contributed by atoms with Crippen molar-refractivity contribution in [2.75, 3.05) is 17.6 Å². The maximum atomic E-state index is 9.80. The van der Waals surface area contributed by atoms with Crippen LogP contribution in [0.25, 0.3) is 0 Å². The highest BCUT2D eigenvalue weighted by Crippen LogP contribution is 2.29. The number of anilines is 2. The monoisotopic (exact) mass is 264 g/mol. The second-order valence-electron chi connectivity index (χ2n) is 5.56. The molecule has 2 atom stereocenters. The van der Waals surface area contributed by atoms with E-state index in [4.69, 9.17) is 10.5 Å². The quantitative estimate of drug-likeness (QED) is 0.715. The number of nitrogen functional groups attached to an aromatic ring is 1. The summed E-state index contributed by atoms with van der Waals surface area (Å²) in [4.78, 5) is 0. The van der Waals surface area contributed by atoms with Gasteiger partial charge in [0.15, 0.2) is 0 Å². The number of ether oxygens (including phenoxy) is 1. The second kappa shape index (κ2) is 6.15. The Balaban J connectivity index is 1.96. The summed E-state index contributed by atoms with van der Waals surface area (Å²) >= 11 is 0. The Kier molecular flexibility index (Phi) is 4.53. The molecule has 1 aromatic carbocycles. The summed E-state index contributed by atoms with van der Waals surface area (Å²) in [6.45, 7) is 4.76. The number of rotatable bonds is 5. The predicted octanol–water partition coefficient (Wildman–Crippen LogP) is 2.63. The van der Waals surface area contributed by atoms with Crippen molar-refractivity contribution < 1.29 is 9.84 Å². The number of aliphatic hydroxyl groups excluding tert-OH is 1. The maximum absolute atomic E-state index is 9.80. The zero-order chi connectivity index (χ0) is 13.8. The third-order valence-electron chi connectivity index (χ3n) is 3.56. The van der Waals surface area contributed by atoms with Gasteiger partial charge in [0.25, 0.3) is 0 Å². The molecule has 1 saturated carbocycles. The van der Waals surface area contributed by atoms with Gasteiger partial charge in [-0.25, -0.2) is 0 Å². The van der Waals surface area contributed by atoms with E-state index in [9.17, 15) is 5.11 Å². The minimum absolute atomic E-state index is 0.106. The molecule has 1 aliphatic rings. The van der Waals surface area contributed by atoms with E-state index in [1.54, 1.807) is 0 Å². The molecule has 2 unspecified atom stereocenters. The van der Waals surface area contributed by atoms with Gasteiger partial charge in [-0.1, -0.05) is 6.42 Å². The highest BCUT2D eigenvalue weighted by Gasteiger charge is 2.24. The standard InChI is InChI=1S/C15H24N2O2/c1-10(2)19-15-8-12(6-7-13(15)16)17-9-11-4-3-5-14(11)18/h6-8,10-11,14,17-18H,3-5,9,16H2,1-2H3. The average Bonchev–Trinajstić information content (AvgIpc) is 2.75. The summed E-state index contributed by atoms with van der Waals surface area (Å²) in [6.07, 6.45) is 3.09. The fourth-order valence-electron chi connectivity index (χ4n) is 2.50. The molecule has 0 saturated heterocycles. The molecular weight excluding hydrogens is 240 g/mol. The first-order chi connectivity index (χ1) is 9.06. The van der Waals surface area contributed by atoms with Crippen LogP contribution in [-0.2, 0) is 0 Å². The lowest BCUT2D eigenvalue weighted by Gasteiger charge is -2.17. The van der Waals surface area contributed by atoms with Crippen molar-refractivity contribution in [1.29, 1.82) is 0 Å². The molecule has 106 valence electrons. The van der Waals surface area contributed by atoms with E-state index in [2.05, 4.69) is 5.32 Å². The van der Waals surface area contributed by atoms with Crippen LogP contribution < -0.4 is 15.8 Å². The van der Waals surface area contributed by atoms with Crippen molar-refractivity contribution in [3.05, 3.63) is 18.2 Å². The van der Waals surface area contributed by atoms with Gasteiger partial charge < -0.3 is 20.9 Å². The molecule has 2 rings (SSSR count). The Morgan fingerprint density at radius 2 is 2.21 bits per heavy atom. The zero-order valence-corrected chi connectivity index (χ0v) is 11.7. The SMILES string of the molecule is CC(C)Oc1cc(NCC2CCCC2O)ccc1N. The van der Waals surface area contributed by atoms with Gasteiger partial charge in [0.2, 0.25) is 0 Å². The van der Waals surface area contributed by atoms with E-state index in [1.165, 1.54) is 0 Å². The fourth-order valence-corrected chi connectivity index (χ4v) is 2.50. The van der Waals surface area contributed by atoms with Crippen LogP contribution in [-0.4, -0.2) is 23.9 Å².